The van der Waals surface area contributed by atoms with Crippen molar-refractivity contribution in [2.24, 2.45) is 5.92 Å². The van der Waals surface area contributed by atoms with Crippen LogP contribution in [0.2, 0.25) is 5.02 Å². The summed E-state index contributed by atoms with van der Waals surface area (Å²) < 4.78 is 0. The van der Waals surface area contributed by atoms with Crippen LogP contribution in [0.5, 0.6) is 0 Å². The summed E-state index contributed by atoms with van der Waals surface area (Å²) in [6.07, 6.45) is 4.27. The average Bonchev–Trinajstić information content (AvgIpc) is 2.41. The lowest BCUT2D eigenvalue weighted by molar-refractivity contribution is -0.135. The molecule has 2 nitrogen and oxygen atoms in total. The van der Waals surface area contributed by atoms with Crippen molar-refractivity contribution in [3.05, 3.63) is 34.9 Å². The monoisotopic (exact) mass is 265 g/mol. The predicted molar refractivity (Wildman–Crippen MR) is 74.8 cm³/mol. The highest BCUT2D eigenvalue weighted by Crippen LogP contribution is 2.21. The first-order valence-corrected chi connectivity index (χ1v) is 7.08. The largest absolute Gasteiger partial charge is 0.342 e. The molecule has 0 saturated carbocycles. The Morgan fingerprint density at radius 1 is 1.28 bits per heavy atom. The number of nitrogens with zero attached hydrogens (tertiary/aromatic N) is 1. The van der Waals surface area contributed by atoms with Gasteiger partial charge < -0.3 is 4.90 Å². The van der Waals surface area contributed by atoms with Gasteiger partial charge in [-0.25, -0.2) is 0 Å². The van der Waals surface area contributed by atoms with Gasteiger partial charge in [0, 0.05) is 24.0 Å². The maximum Gasteiger partial charge on any atom is 0.225 e. The standard InChI is InChI=1S/C15H20ClNO/c1-12(11-13-7-3-4-8-14(13)16)15(18)17-9-5-2-6-10-17/h3-4,7-8,12H,2,5-6,9-11H2,1H3/t12-/m0/s1. The lowest BCUT2D eigenvalue weighted by Crippen LogP contribution is -2.39. The highest BCUT2D eigenvalue weighted by Gasteiger charge is 2.22. The van der Waals surface area contributed by atoms with Gasteiger partial charge in [-0.1, -0.05) is 36.7 Å². The van der Waals surface area contributed by atoms with E-state index in [1.165, 1.54) is 6.42 Å². The number of rotatable bonds is 3. The second-order valence-electron chi connectivity index (χ2n) is 5.08. The number of carbonyl (C=O) groups excluding carboxylic acids is 1. The summed E-state index contributed by atoms with van der Waals surface area (Å²) in [6.45, 7) is 3.84. The third-order valence-corrected chi connectivity index (χ3v) is 3.94. The van der Waals surface area contributed by atoms with Gasteiger partial charge >= 0.3 is 0 Å². The van der Waals surface area contributed by atoms with Crippen LogP contribution in [0.4, 0.5) is 0 Å². The average molecular weight is 266 g/mol. The summed E-state index contributed by atoms with van der Waals surface area (Å²) in [5.74, 6) is 0.289. The van der Waals surface area contributed by atoms with E-state index in [2.05, 4.69) is 0 Å². The molecule has 1 fully saturated rings. The van der Waals surface area contributed by atoms with Gasteiger partial charge in [0.15, 0.2) is 0 Å². The first kappa shape index (κ1) is 13.4. The molecule has 18 heavy (non-hydrogen) atoms. The quantitative estimate of drug-likeness (QED) is 0.819. The van der Waals surface area contributed by atoms with Crippen molar-refractivity contribution in [1.29, 1.82) is 0 Å². The molecule has 1 aliphatic heterocycles. The smallest absolute Gasteiger partial charge is 0.225 e. The van der Waals surface area contributed by atoms with E-state index in [0.29, 0.717) is 0 Å². The van der Waals surface area contributed by atoms with E-state index >= 15 is 0 Å². The molecule has 1 aromatic carbocycles. The highest BCUT2D eigenvalue weighted by molar-refractivity contribution is 6.31. The lowest BCUT2D eigenvalue weighted by Gasteiger charge is -2.29. The summed E-state index contributed by atoms with van der Waals surface area (Å²) in [5, 5.41) is 0.760. The fraction of sp³-hybridized carbons (Fsp3) is 0.533. The van der Waals surface area contributed by atoms with Crippen LogP contribution in [0.1, 0.15) is 31.7 Å². The Hall–Kier alpha value is -1.02. The fourth-order valence-electron chi connectivity index (χ4n) is 2.51. The van der Waals surface area contributed by atoms with Gasteiger partial charge in [0.05, 0.1) is 0 Å². The number of amides is 1. The molecule has 1 heterocycles. The molecule has 1 saturated heterocycles. The number of benzene rings is 1. The number of carbonyl (C=O) groups is 1. The van der Waals surface area contributed by atoms with E-state index in [0.717, 1.165) is 42.9 Å². The molecule has 1 amide bonds. The molecule has 0 radical (unpaired) electrons. The van der Waals surface area contributed by atoms with Gasteiger partial charge in [-0.2, -0.15) is 0 Å². The van der Waals surface area contributed by atoms with Gasteiger partial charge in [-0.05, 0) is 37.3 Å². The molecule has 0 bridgehead atoms. The van der Waals surface area contributed by atoms with E-state index in [9.17, 15) is 4.79 Å². The molecular weight excluding hydrogens is 246 g/mol. The summed E-state index contributed by atoms with van der Waals surface area (Å²) in [6, 6.07) is 7.78. The Balaban J connectivity index is 1.96. The van der Waals surface area contributed by atoms with Crippen molar-refractivity contribution in [3.63, 3.8) is 0 Å². The molecular formula is C15H20ClNO. The zero-order chi connectivity index (χ0) is 13.0. The maximum absolute atomic E-state index is 12.3. The van der Waals surface area contributed by atoms with Gasteiger partial charge in [-0.3, -0.25) is 4.79 Å². The molecule has 98 valence electrons. The Kier molecular flexibility index (Phi) is 4.65. The van der Waals surface area contributed by atoms with Crippen LogP contribution in [0, 0.1) is 5.92 Å². The van der Waals surface area contributed by atoms with Crippen molar-refractivity contribution >= 4 is 17.5 Å². The number of halogens is 1. The minimum atomic E-state index is 0.0167. The van der Waals surface area contributed by atoms with E-state index in [1.54, 1.807) is 0 Å². The van der Waals surface area contributed by atoms with Gasteiger partial charge in [0.2, 0.25) is 5.91 Å². The van der Waals surface area contributed by atoms with Gasteiger partial charge in [0.25, 0.3) is 0 Å². The van der Waals surface area contributed by atoms with E-state index in [-0.39, 0.29) is 11.8 Å². The van der Waals surface area contributed by atoms with E-state index in [4.69, 9.17) is 11.6 Å². The Labute approximate surface area is 114 Å². The zero-order valence-corrected chi connectivity index (χ0v) is 11.6. The number of likely N-dealkylation sites (tertiary alicyclic amines) is 1. The molecule has 0 aromatic heterocycles. The maximum atomic E-state index is 12.3. The van der Waals surface area contributed by atoms with Crippen molar-refractivity contribution in [3.8, 4) is 0 Å². The molecule has 0 N–H and O–H groups in total. The minimum absolute atomic E-state index is 0.0167. The molecule has 0 aliphatic carbocycles. The zero-order valence-electron chi connectivity index (χ0n) is 10.9. The molecule has 1 aliphatic rings. The Morgan fingerprint density at radius 2 is 1.94 bits per heavy atom. The molecule has 0 unspecified atom stereocenters. The van der Waals surface area contributed by atoms with Crippen LogP contribution in [0.15, 0.2) is 24.3 Å². The van der Waals surface area contributed by atoms with Crippen LogP contribution in [0.25, 0.3) is 0 Å². The van der Waals surface area contributed by atoms with E-state index in [1.807, 2.05) is 36.1 Å². The summed E-state index contributed by atoms with van der Waals surface area (Å²) in [7, 11) is 0. The van der Waals surface area contributed by atoms with Crippen LogP contribution in [-0.2, 0) is 11.2 Å². The van der Waals surface area contributed by atoms with Crippen molar-refractivity contribution in [2.75, 3.05) is 13.1 Å². The summed E-state index contributed by atoms with van der Waals surface area (Å²) >= 11 is 6.13. The van der Waals surface area contributed by atoms with Crippen LogP contribution >= 0.6 is 11.6 Å². The van der Waals surface area contributed by atoms with Crippen molar-refractivity contribution < 1.29 is 4.79 Å². The minimum Gasteiger partial charge on any atom is -0.342 e. The third kappa shape index (κ3) is 3.26. The van der Waals surface area contributed by atoms with Crippen LogP contribution < -0.4 is 0 Å². The van der Waals surface area contributed by atoms with Crippen molar-refractivity contribution in [2.45, 2.75) is 32.6 Å². The first-order valence-electron chi connectivity index (χ1n) is 6.70. The third-order valence-electron chi connectivity index (χ3n) is 3.57. The SMILES string of the molecule is C[C@@H](Cc1ccccc1Cl)C(=O)N1CCCCC1. The second kappa shape index (κ2) is 6.24. The summed E-state index contributed by atoms with van der Waals surface area (Å²) in [4.78, 5) is 14.3. The number of piperidine rings is 1. The topological polar surface area (TPSA) is 20.3 Å². The summed E-state index contributed by atoms with van der Waals surface area (Å²) in [5.41, 5.74) is 1.07. The predicted octanol–water partition coefficient (Wildman–Crippen LogP) is 3.53. The van der Waals surface area contributed by atoms with Crippen LogP contribution in [-0.4, -0.2) is 23.9 Å². The molecule has 1 atom stereocenters. The van der Waals surface area contributed by atoms with Crippen molar-refractivity contribution in [1.82, 2.24) is 4.90 Å². The Bertz CT molecular complexity index is 413. The van der Waals surface area contributed by atoms with Gasteiger partial charge in [0.1, 0.15) is 0 Å². The molecule has 0 spiro atoms. The second-order valence-corrected chi connectivity index (χ2v) is 5.49. The lowest BCUT2D eigenvalue weighted by atomic mass is 9.98. The number of hydrogen-bond acceptors (Lipinski definition) is 1. The van der Waals surface area contributed by atoms with Gasteiger partial charge in [-0.15, -0.1) is 0 Å². The first-order chi connectivity index (χ1) is 8.68. The highest BCUT2D eigenvalue weighted by atomic mass is 35.5. The Morgan fingerprint density at radius 3 is 2.61 bits per heavy atom. The molecule has 2 rings (SSSR count). The molecule has 1 aromatic rings. The fourth-order valence-corrected chi connectivity index (χ4v) is 2.72. The van der Waals surface area contributed by atoms with E-state index < -0.39 is 0 Å². The number of hydrogen-bond donors (Lipinski definition) is 0. The molecule has 3 heteroatoms. The normalized spacial score (nSPS) is 17.6. The van der Waals surface area contributed by atoms with Crippen LogP contribution in [0.3, 0.4) is 0 Å².